The molecule has 2 atom stereocenters. The predicted molar refractivity (Wildman–Crippen MR) is 114 cm³/mol. The van der Waals surface area contributed by atoms with Gasteiger partial charge in [-0.05, 0) is 42.7 Å². The molecule has 3 rings (SSSR count). The van der Waals surface area contributed by atoms with Crippen LogP contribution in [-0.4, -0.2) is 29.3 Å². The molecule has 0 bridgehead atoms. The van der Waals surface area contributed by atoms with Crippen LogP contribution >= 0.6 is 11.8 Å². The van der Waals surface area contributed by atoms with Crippen molar-refractivity contribution in [2.45, 2.75) is 31.9 Å². The highest BCUT2D eigenvalue weighted by atomic mass is 32.2. The highest BCUT2D eigenvalue weighted by Crippen LogP contribution is 2.31. The van der Waals surface area contributed by atoms with Crippen molar-refractivity contribution in [2.24, 2.45) is 10.9 Å². The van der Waals surface area contributed by atoms with Gasteiger partial charge >= 0.3 is 0 Å². The summed E-state index contributed by atoms with van der Waals surface area (Å²) in [6.45, 7) is 4.13. The summed E-state index contributed by atoms with van der Waals surface area (Å²) in [5.41, 5.74) is 1.63. The molecule has 6 heteroatoms. The standard InChI is InChI=1S/C22H24N2O3S/c1-4-15(2)28-22-23-20(25)19(14-16-8-6-5-7-9-16)21(26)24(22)17-10-12-18(27-3)13-11-17/h5-13,15,19H,4,14H2,1-3H3. The van der Waals surface area contributed by atoms with E-state index in [1.807, 2.05) is 42.5 Å². The minimum atomic E-state index is -0.814. The zero-order valence-corrected chi connectivity index (χ0v) is 17.1. The fourth-order valence-corrected chi connectivity index (χ4v) is 3.88. The lowest BCUT2D eigenvalue weighted by Crippen LogP contribution is -2.47. The van der Waals surface area contributed by atoms with Gasteiger partial charge in [0.1, 0.15) is 11.7 Å². The lowest BCUT2D eigenvalue weighted by atomic mass is 9.96. The van der Waals surface area contributed by atoms with Crippen molar-refractivity contribution in [2.75, 3.05) is 12.0 Å². The molecule has 2 aromatic carbocycles. The van der Waals surface area contributed by atoms with Crippen molar-refractivity contribution in [1.82, 2.24) is 0 Å². The molecule has 0 radical (unpaired) electrons. The Morgan fingerprint density at radius 2 is 1.79 bits per heavy atom. The summed E-state index contributed by atoms with van der Waals surface area (Å²) in [5, 5.41) is 0.685. The van der Waals surface area contributed by atoms with Crippen LogP contribution in [0.3, 0.4) is 0 Å². The maximum absolute atomic E-state index is 13.4. The molecule has 0 N–H and O–H groups in total. The Labute approximate surface area is 169 Å². The SMILES string of the molecule is CCC(C)SC1=NC(=O)C(Cc2ccccc2)C(=O)N1c1ccc(OC)cc1. The highest BCUT2D eigenvalue weighted by Gasteiger charge is 2.39. The summed E-state index contributed by atoms with van der Waals surface area (Å²) in [7, 11) is 1.60. The molecule has 0 aliphatic carbocycles. The van der Waals surface area contributed by atoms with Crippen molar-refractivity contribution < 1.29 is 14.3 Å². The first kappa shape index (κ1) is 20.1. The van der Waals surface area contributed by atoms with Crippen molar-refractivity contribution in [1.29, 1.82) is 0 Å². The number of carbonyl (C=O) groups is 2. The quantitative estimate of drug-likeness (QED) is 0.683. The van der Waals surface area contributed by atoms with E-state index in [-0.39, 0.29) is 17.1 Å². The van der Waals surface area contributed by atoms with Crippen molar-refractivity contribution in [3.05, 3.63) is 60.2 Å². The van der Waals surface area contributed by atoms with Gasteiger partial charge in [-0.25, -0.2) is 0 Å². The number of amidine groups is 1. The molecule has 0 aromatic heterocycles. The van der Waals surface area contributed by atoms with Gasteiger partial charge in [0.25, 0.3) is 5.91 Å². The van der Waals surface area contributed by atoms with E-state index in [1.54, 1.807) is 24.1 Å². The lowest BCUT2D eigenvalue weighted by molar-refractivity contribution is -0.131. The summed E-state index contributed by atoms with van der Waals surface area (Å²) in [5.74, 6) is -0.715. The molecular weight excluding hydrogens is 372 g/mol. The Morgan fingerprint density at radius 1 is 1.11 bits per heavy atom. The summed E-state index contributed by atoms with van der Waals surface area (Å²) in [4.78, 5) is 31.9. The van der Waals surface area contributed by atoms with Gasteiger partial charge in [-0.2, -0.15) is 4.99 Å². The molecule has 0 spiro atoms. The Bertz CT molecular complexity index is 865. The fourth-order valence-electron chi connectivity index (χ4n) is 2.91. The number of nitrogens with zero attached hydrogens (tertiary/aromatic N) is 2. The molecular formula is C22H24N2O3S. The van der Waals surface area contributed by atoms with Gasteiger partial charge in [0.15, 0.2) is 5.17 Å². The zero-order valence-electron chi connectivity index (χ0n) is 16.3. The average molecular weight is 397 g/mol. The largest absolute Gasteiger partial charge is 0.497 e. The highest BCUT2D eigenvalue weighted by molar-refractivity contribution is 8.14. The molecule has 28 heavy (non-hydrogen) atoms. The number of aliphatic imine (C=N–C) groups is 1. The van der Waals surface area contributed by atoms with E-state index in [4.69, 9.17) is 4.74 Å². The van der Waals surface area contributed by atoms with Gasteiger partial charge in [0, 0.05) is 5.25 Å². The number of benzene rings is 2. The fraction of sp³-hybridized carbons (Fsp3) is 0.318. The molecule has 1 aliphatic rings. The van der Waals surface area contributed by atoms with Crippen LogP contribution in [0.2, 0.25) is 0 Å². The third-order valence-corrected chi connectivity index (χ3v) is 5.93. The average Bonchev–Trinajstić information content (AvgIpc) is 2.72. The zero-order chi connectivity index (χ0) is 20.1. The maximum atomic E-state index is 13.4. The third-order valence-electron chi connectivity index (χ3n) is 4.71. The maximum Gasteiger partial charge on any atom is 0.261 e. The molecule has 5 nitrogen and oxygen atoms in total. The number of hydrogen-bond acceptors (Lipinski definition) is 4. The topological polar surface area (TPSA) is 59.0 Å². The Hall–Kier alpha value is -2.60. The second kappa shape index (κ2) is 9.06. The minimum absolute atomic E-state index is 0.236. The van der Waals surface area contributed by atoms with E-state index in [2.05, 4.69) is 18.8 Å². The number of amides is 2. The van der Waals surface area contributed by atoms with Crippen LogP contribution in [0.5, 0.6) is 5.75 Å². The van der Waals surface area contributed by atoms with E-state index < -0.39 is 5.92 Å². The van der Waals surface area contributed by atoms with E-state index in [1.165, 1.54) is 11.8 Å². The number of thioether (sulfide) groups is 1. The first-order chi connectivity index (χ1) is 13.5. The summed E-state index contributed by atoms with van der Waals surface area (Å²) in [6, 6.07) is 16.8. The second-order valence-corrected chi connectivity index (χ2v) is 8.09. The summed E-state index contributed by atoms with van der Waals surface area (Å²) < 4.78 is 5.22. The minimum Gasteiger partial charge on any atom is -0.497 e. The van der Waals surface area contributed by atoms with Crippen molar-refractivity contribution in [3.8, 4) is 5.75 Å². The van der Waals surface area contributed by atoms with E-state index in [0.717, 1.165) is 12.0 Å². The molecule has 0 saturated heterocycles. The van der Waals surface area contributed by atoms with Gasteiger partial charge in [-0.15, -0.1) is 0 Å². The molecule has 2 unspecified atom stereocenters. The van der Waals surface area contributed by atoms with Gasteiger partial charge in [-0.1, -0.05) is 55.9 Å². The van der Waals surface area contributed by atoms with E-state index in [0.29, 0.717) is 23.0 Å². The van der Waals surface area contributed by atoms with Crippen LogP contribution in [0.1, 0.15) is 25.8 Å². The van der Waals surface area contributed by atoms with Crippen LogP contribution < -0.4 is 9.64 Å². The van der Waals surface area contributed by atoms with Crippen molar-refractivity contribution >= 4 is 34.4 Å². The van der Waals surface area contributed by atoms with Crippen LogP contribution in [0.15, 0.2) is 59.6 Å². The second-order valence-electron chi connectivity index (χ2n) is 6.68. The van der Waals surface area contributed by atoms with Crippen LogP contribution in [0.25, 0.3) is 0 Å². The summed E-state index contributed by atoms with van der Waals surface area (Å²) in [6.07, 6.45) is 1.26. The van der Waals surface area contributed by atoms with Gasteiger partial charge in [-0.3, -0.25) is 14.5 Å². The molecule has 0 fully saturated rings. The van der Waals surface area contributed by atoms with E-state index >= 15 is 0 Å². The molecule has 2 amide bonds. The first-order valence-corrected chi connectivity index (χ1v) is 10.2. The number of methoxy groups -OCH3 is 1. The van der Waals surface area contributed by atoms with Gasteiger partial charge < -0.3 is 4.74 Å². The predicted octanol–water partition coefficient (Wildman–Crippen LogP) is 4.32. The van der Waals surface area contributed by atoms with Crippen LogP contribution in [0, 0.1) is 5.92 Å². The number of ether oxygens (including phenoxy) is 1. The molecule has 1 aliphatic heterocycles. The lowest BCUT2D eigenvalue weighted by Gasteiger charge is -2.31. The van der Waals surface area contributed by atoms with Gasteiger partial charge in [0.05, 0.1) is 12.8 Å². The van der Waals surface area contributed by atoms with Crippen molar-refractivity contribution in [3.63, 3.8) is 0 Å². The van der Waals surface area contributed by atoms with E-state index in [9.17, 15) is 9.59 Å². The Kier molecular flexibility index (Phi) is 6.52. The number of hydrogen-bond donors (Lipinski definition) is 0. The molecule has 2 aromatic rings. The summed E-state index contributed by atoms with van der Waals surface area (Å²) >= 11 is 1.45. The molecule has 1 heterocycles. The Morgan fingerprint density at radius 3 is 2.39 bits per heavy atom. The number of rotatable bonds is 6. The normalized spacial score (nSPS) is 18.0. The molecule has 146 valence electrons. The first-order valence-electron chi connectivity index (χ1n) is 9.34. The van der Waals surface area contributed by atoms with Crippen LogP contribution in [0.4, 0.5) is 5.69 Å². The molecule has 0 saturated carbocycles. The number of anilines is 1. The smallest absolute Gasteiger partial charge is 0.261 e. The van der Waals surface area contributed by atoms with Crippen LogP contribution in [-0.2, 0) is 16.0 Å². The third kappa shape index (κ3) is 4.44. The van der Waals surface area contributed by atoms with Gasteiger partial charge in [0.2, 0.25) is 5.91 Å². The monoisotopic (exact) mass is 396 g/mol. The Balaban J connectivity index is 1.96. The number of carbonyl (C=O) groups excluding carboxylic acids is 2.